The van der Waals surface area contributed by atoms with Crippen LogP contribution in [-0.4, -0.2) is 29.0 Å². The fourth-order valence-electron chi connectivity index (χ4n) is 5.32. The monoisotopic (exact) mass is 519 g/mol. The first-order chi connectivity index (χ1) is 16.3. The van der Waals surface area contributed by atoms with Crippen molar-refractivity contribution in [2.75, 3.05) is 4.90 Å². The highest BCUT2D eigenvalue weighted by Gasteiger charge is 2.74. The van der Waals surface area contributed by atoms with Crippen LogP contribution in [0.2, 0.25) is 0 Å². The number of benzene rings is 3. The van der Waals surface area contributed by atoms with Crippen LogP contribution in [0.5, 0.6) is 0 Å². The number of hydrogen-bond donors (Lipinski definition) is 0. The molecule has 3 atom stereocenters. The summed E-state index contributed by atoms with van der Waals surface area (Å²) in [6.07, 6.45) is -0.998. The third-order valence-electron chi connectivity index (χ3n) is 6.80. The number of rotatable bonds is 2. The van der Waals surface area contributed by atoms with Crippen LogP contribution in [-0.2, 0) is 14.3 Å². The minimum Gasteiger partial charge on any atom is -0.349 e. The third kappa shape index (κ3) is 2.63. The molecule has 0 bridgehead atoms. The van der Waals surface area contributed by atoms with E-state index in [2.05, 4.69) is 15.9 Å². The first-order valence-corrected chi connectivity index (χ1v) is 11.4. The maximum atomic E-state index is 13.7. The molecule has 0 N–H and O–H groups in total. The number of Topliss-reactive ketones (excluding diaryl/α,β-unsaturated/α-hetero) is 2. The second-order valence-electron chi connectivity index (χ2n) is 8.52. The lowest BCUT2D eigenvalue weighted by Gasteiger charge is -2.27. The zero-order chi connectivity index (χ0) is 23.8. The highest BCUT2D eigenvalue weighted by molar-refractivity contribution is 9.10. The van der Waals surface area contributed by atoms with E-state index in [-0.39, 0.29) is 16.8 Å². The summed E-state index contributed by atoms with van der Waals surface area (Å²) in [5, 5.41) is 0. The summed E-state index contributed by atoms with van der Waals surface area (Å²) in [6.45, 7) is 0. The lowest BCUT2D eigenvalue weighted by atomic mass is 9.77. The van der Waals surface area contributed by atoms with Crippen molar-refractivity contribution in [1.82, 2.24) is 0 Å². The Bertz CT molecular complexity index is 1370. The number of halogens is 2. The number of ketones is 2. The maximum absolute atomic E-state index is 13.7. The van der Waals surface area contributed by atoms with Gasteiger partial charge >= 0.3 is 0 Å². The minimum atomic E-state index is -2.13. The number of imide groups is 1. The Morgan fingerprint density at radius 2 is 1.38 bits per heavy atom. The van der Waals surface area contributed by atoms with Crippen LogP contribution in [0.25, 0.3) is 0 Å². The lowest BCUT2D eigenvalue weighted by Crippen LogP contribution is -2.51. The molecular weight excluding hydrogens is 505 g/mol. The van der Waals surface area contributed by atoms with Crippen molar-refractivity contribution in [1.29, 1.82) is 0 Å². The van der Waals surface area contributed by atoms with E-state index in [4.69, 9.17) is 4.74 Å². The van der Waals surface area contributed by atoms with Gasteiger partial charge in [0.25, 0.3) is 0 Å². The van der Waals surface area contributed by atoms with Gasteiger partial charge in [-0.2, -0.15) is 0 Å². The maximum Gasteiger partial charge on any atom is 0.241 e. The van der Waals surface area contributed by atoms with Crippen molar-refractivity contribution in [2.24, 2.45) is 11.8 Å². The summed E-state index contributed by atoms with van der Waals surface area (Å²) in [5.41, 5.74) is -1.06. The number of anilines is 1. The van der Waals surface area contributed by atoms with Crippen molar-refractivity contribution in [2.45, 2.75) is 11.7 Å². The molecule has 34 heavy (non-hydrogen) atoms. The van der Waals surface area contributed by atoms with Gasteiger partial charge in [0.2, 0.25) is 29.0 Å². The van der Waals surface area contributed by atoms with E-state index >= 15 is 0 Å². The topological polar surface area (TPSA) is 80.8 Å². The standard InChI is InChI=1S/C26H15BrFNO5/c27-14-7-5-13(6-8-14)21-19-20(25(33)29(24(19)32)16-11-9-15(28)10-12-16)26(34-21)22(30)17-3-1-2-4-18(17)23(26)31/h1-12,19-21H/t19-,20-,21+/m0/s1. The van der Waals surface area contributed by atoms with E-state index < -0.39 is 52.7 Å². The number of hydrogen-bond acceptors (Lipinski definition) is 5. The molecule has 1 aliphatic carbocycles. The van der Waals surface area contributed by atoms with Crippen molar-refractivity contribution in [3.05, 3.63) is 99.8 Å². The average Bonchev–Trinajstić information content (AvgIpc) is 3.40. The summed E-state index contributed by atoms with van der Waals surface area (Å²) in [5.74, 6) is -5.51. The minimum absolute atomic E-state index is 0.170. The number of ether oxygens (including phenoxy) is 1. The molecule has 2 aliphatic heterocycles. The molecule has 3 aliphatic rings. The average molecular weight is 520 g/mol. The van der Waals surface area contributed by atoms with E-state index in [1.54, 1.807) is 36.4 Å². The number of nitrogens with zero attached hydrogens (tertiary/aromatic N) is 1. The Balaban J connectivity index is 1.54. The first-order valence-electron chi connectivity index (χ1n) is 10.6. The molecule has 3 aromatic carbocycles. The molecule has 2 amide bonds. The van der Waals surface area contributed by atoms with E-state index in [1.807, 2.05) is 0 Å². The van der Waals surface area contributed by atoms with Gasteiger partial charge in [0, 0.05) is 15.6 Å². The van der Waals surface area contributed by atoms with Crippen LogP contribution in [0, 0.1) is 17.7 Å². The van der Waals surface area contributed by atoms with Crippen LogP contribution in [0.3, 0.4) is 0 Å². The summed E-state index contributed by atoms with van der Waals surface area (Å²) in [4.78, 5) is 55.7. The molecule has 6 rings (SSSR count). The van der Waals surface area contributed by atoms with Gasteiger partial charge in [-0.15, -0.1) is 0 Å². The Kier molecular flexibility index (Phi) is 4.49. The molecule has 8 heteroatoms. The second-order valence-corrected chi connectivity index (χ2v) is 9.44. The Morgan fingerprint density at radius 3 is 1.97 bits per heavy atom. The highest BCUT2D eigenvalue weighted by atomic mass is 79.9. The van der Waals surface area contributed by atoms with Crippen LogP contribution >= 0.6 is 15.9 Å². The molecule has 2 saturated heterocycles. The molecule has 6 nitrogen and oxygen atoms in total. The summed E-state index contributed by atoms with van der Waals surface area (Å²) in [7, 11) is 0. The summed E-state index contributed by atoms with van der Waals surface area (Å²) in [6, 6.07) is 18.2. The SMILES string of the molecule is O=C1[C@@H]2[C@@H](c3ccc(Br)cc3)OC3(C(=O)c4ccccc4C3=O)[C@@H]2C(=O)N1c1ccc(F)cc1. The van der Waals surface area contributed by atoms with E-state index in [0.29, 0.717) is 5.56 Å². The normalized spacial score (nSPS) is 24.8. The van der Waals surface area contributed by atoms with Gasteiger partial charge in [0.15, 0.2) is 0 Å². The summed E-state index contributed by atoms with van der Waals surface area (Å²) < 4.78 is 20.5. The molecule has 2 fully saturated rings. The molecule has 1 spiro atoms. The zero-order valence-corrected chi connectivity index (χ0v) is 19.0. The Morgan fingerprint density at radius 1 is 0.794 bits per heavy atom. The quantitative estimate of drug-likeness (QED) is 0.372. The van der Waals surface area contributed by atoms with Crippen molar-refractivity contribution in [3.63, 3.8) is 0 Å². The molecule has 2 heterocycles. The van der Waals surface area contributed by atoms with Crippen molar-refractivity contribution < 1.29 is 28.3 Å². The second kappa shape index (κ2) is 7.25. The summed E-state index contributed by atoms with van der Waals surface area (Å²) >= 11 is 3.37. The number of carbonyl (C=O) groups excluding carboxylic acids is 4. The first kappa shape index (κ1) is 21.1. The van der Waals surface area contributed by atoms with Gasteiger partial charge in [-0.25, -0.2) is 9.29 Å². The van der Waals surface area contributed by atoms with Crippen molar-refractivity contribution in [3.8, 4) is 0 Å². The van der Waals surface area contributed by atoms with Crippen molar-refractivity contribution >= 4 is 45.0 Å². The largest absolute Gasteiger partial charge is 0.349 e. The van der Waals surface area contributed by atoms with Gasteiger partial charge in [-0.3, -0.25) is 19.2 Å². The molecule has 0 saturated carbocycles. The molecule has 3 aromatic rings. The molecular formula is C26H15BrFNO5. The third-order valence-corrected chi connectivity index (χ3v) is 7.33. The fraction of sp³-hybridized carbons (Fsp3) is 0.154. The van der Waals surface area contributed by atoms with Gasteiger partial charge in [-0.05, 0) is 42.0 Å². The number of amides is 2. The van der Waals surface area contributed by atoms with E-state index in [9.17, 15) is 23.6 Å². The molecule has 168 valence electrons. The van der Waals surface area contributed by atoms with Crippen LogP contribution < -0.4 is 4.90 Å². The van der Waals surface area contributed by atoms with Gasteiger partial charge in [0.1, 0.15) is 5.82 Å². The molecule has 0 unspecified atom stereocenters. The lowest BCUT2D eigenvalue weighted by molar-refractivity contribution is -0.127. The van der Waals surface area contributed by atoms with Crippen LogP contribution in [0.15, 0.2) is 77.3 Å². The van der Waals surface area contributed by atoms with Crippen LogP contribution in [0.4, 0.5) is 10.1 Å². The number of fused-ring (bicyclic) bond motifs is 3. The zero-order valence-electron chi connectivity index (χ0n) is 17.4. The van der Waals surface area contributed by atoms with E-state index in [1.165, 1.54) is 24.3 Å². The van der Waals surface area contributed by atoms with Crippen LogP contribution in [0.1, 0.15) is 32.4 Å². The molecule has 0 aromatic heterocycles. The van der Waals surface area contributed by atoms with Gasteiger partial charge < -0.3 is 4.74 Å². The smallest absolute Gasteiger partial charge is 0.241 e. The predicted octanol–water partition coefficient (Wildman–Crippen LogP) is 4.28. The fourth-order valence-corrected chi connectivity index (χ4v) is 5.58. The van der Waals surface area contributed by atoms with Gasteiger partial charge in [0.05, 0.1) is 23.6 Å². The van der Waals surface area contributed by atoms with Gasteiger partial charge in [-0.1, -0.05) is 52.3 Å². The Labute approximate surface area is 201 Å². The predicted molar refractivity (Wildman–Crippen MR) is 122 cm³/mol. The number of carbonyl (C=O) groups is 4. The Hall–Kier alpha value is -3.49. The highest BCUT2D eigenvalue weighted by Crippen LogP contribution is 2.57. The molecule has 0 radical (unpaired) electrons. The van der Waals surface area contributed by atoms with E-state index in [0.717, 1.165) is 21.5 Å².